The summed E-state index contributed by atoms with van der Waals surface area (Å²) in [6.07, 6.45) is 7.98. The third-order valence-electron chi connectivity index (χ3n) is 3.21. The molecular weight excluding hydrogens is 282 g/mol. The molecule has 0 aliphatic carbocycles. The van der Waals surface area contributed by atoms with Crippen molar-refractivity contribution in [1.82, 2.24) is 9.38 Å². The van der Waals surface area contributed by atoms with Crippen molar-refractivity contribution in [1.29, 1.82) is 0 Å². The van der Waals surface area contributed by atoms with Gasteiger partial charge in [0.15, 0.2) is 4.96 Å². The first kappa shape index (κ1) is 13.6. The first-order chi connectivity index (χ1) is 10.3. The number of aryl methyl sites for hydroxylation is 1. The fraction of sp³-hybridized carbons (Fsp3) is 0.125. The molecule has 3 rings (SSSR count). The van der Waals surface area contributed by atoms with E-state index in [1.807, 2.05) is 40.2 Å². The second-order valence-corrected chi connectivity index (χ2v) is 5.48. The number of carbonyl (C=O) groups excluding carboxylic acids is 1. The summed E-state index contributed by atoms with van der Waals surface area (Å²) < 4.78 is 1.95. The Bertz CT molecular complexity index is 783. The van der Waals surface area contributed by atoms with Crippen molar-refractivity contribution < 1.29 is 4.79 Å². The standard InChI is InChI=1S/C16H15N3OS/c1-2-12-3-5-13(6-4-12)18-15(20)8-7-14-11-17-16-19(14)9-10-21-16/h3-11H,2H2,1H3,(H,18,20)/b8-7+. The molecule has 0 aliphatic heterocycles. The average molecular weight is 297 g/mol. The molecule has 0 atom stereocenters. The maximum absolute atomic E-state index is 11.9. The van der Waals surface area contributed by atoms with Crippen molar-refractivity contribution in [2.24, 2.45) is 0 Å². The van der Waals surface area contributed by atoms with Crippen LogP contribution in [-0.4, -0.2) is 15.3 Å². The number of anilines is 1. The number of rotatable bonds is 4. The molecule has 106 valence electrons. The summed E-state index contributed by atoms with van der Waals surface area (Å²) in [6.45, 7) is 2.10. The van der Waals surface area contributed by atoms with Gasteiger partial charge in [-0.3, -0.25) is 9.20 Å². The molecule has 1 aromatic carbocycles. The van der Waals surface area contributed by atoms with Crippen LogP contribution in [0.15, 0.2) is 48.1 Å². The molecule has 0 saturated heterocycles. The molecule has 0 fully saturated rings. The van der Waals surface area contributed by atoms with Gasteiger partial charge in [0.05, 0.1) is 11.9 Å². The van der Waals surface area contributed by atoms with Gasteiger partial charge in [-0.1, -0.05) is 19.1 Å². The Labute approximate surface area is 126 Å². The fourth-order valence-electron chi connectivity index (χ4n) is 2.04. The molecule has 0 unspecified atom stereocenters. The number of hydrogen-bond acceptors (Lipinski definition) is 3. The maximum atomic E-state index is 11.9. The van der Waals surface area contributed by atoms with Crippen LogP contribution >= 0.6 is 11.3 Å². The lowest BCUT2D eigenvalue weighted by atomic mass is 10.1. The average Bonchev–Trinajstić information content (AvgIpc) is 3.09. The zero-order chi connectivity index (χ0) is 14.7. The Hall–Kier alpha value is -2.40. The van der Waals surface area contributed by atoms with Gasteiger partial charge in [0.2, 0.25) is 5.91 Å². The Morgan fingerprint density at radius 1 is 1.38 bits per heavy atom. The van der Waals surface area contributed by atoms with E-state index < -0.39 is 0 Å². The molecule has 21 heavy (non-hydrogen) atoms. The van der Waals surface area contributed by atoms with Gasteiger partial charge in [0.25, 0.3) is 0 Å². The number of amides is 1. The zero-order valence-corrected chi connectivity index (χ0v) is 12.4. The molecule has 0 spiro atoms. The quantitative estimate of drug-likeness (QED) is 0.748. The summed E-state index contributed by atoms with van der Waals surface area (Å²) in [6, 6.07) is 7.87. The number of aromatic nitrogens is 2. The van der Waals surface area contributed by atoms with Crippen LogP contribution in [0.5, 0.6) is 0 Å². The fourth-order valence-corrected chi connectivity index (χ4v) is 2.74. The summed E-state index contributed by atoms with van der Waals surface area (Å²) in [5.41, 5.74) is 2.95. The van der Waals surface area contributed by atoms with Crippen LogP contribution in [0, 0.1) is 0 Å². The van der Waals surface area contributed by atoms with Crippen molar-refractivity contribution >= 4 is 34.0 Å². The van der Waals surface area contributed by atoms with Crippen LogP contribution in [0.2, 0.25) is 0 Å². The van der Waals surface area contributed by atoms with E-state index in [2.05, 4.69) is 17.2 Å². The van der Waals surface area contributed by atoms with Crippen LogP contribution < -0.4 is 5.32 Å². The molecule has 2 aromatic heterocycles. The molecule has 5 heteroatoms. The first-order valence-corrected chi connectivity index (χ1v) is 7.63. The van der Waals surface area contributed by atoms with E-state index in [4.69, 9.17) is 0 Å². The van der Waals surface area contributed by atoms with Gasteiger partial charge in [-0.05, 0) is 30.2 Å². The highest BCUT2D eigenvalue weighted by Gasteiger charge is 2.02. The second-order valence-electron chi connectivity index (χ2n) is 4.61. The van der Waals surface area contributed by atoms with Crippen molar-refractivity contribution in [3.8, 4) is 0 Å². The van der Waals surface area contributed by atoms with Crippen LogP contribution in [0.25, 0.3) is 11.0 Å². The van der Waals surface area contributed by atoms with Gasteiger partial charge in [-0.2, -0.15) is 0 Å². The van der Waals surface area contributed by atoms with E-state index in [0.29, 0.717) is 0 Å². The molecule has 3 aromatic rings. The first-order valence-electron chi connectivity index (χ1n) is 6.75. The molecule has 1 amide bonds. The summed E-state index contributed by atoms with van der Waals surface area (Å²) in [4.78, 5) is 17.1. The Kier molecular flexibility index (Phi) is 3.83. The molecule has 4 nitrogen and oxygen atoms in total. The number of thiazole rings is 1. The molecule has 0 saturated carbocycles. The molecule has 1 N–H and O–H groups in total. The predicted molar refractivity (Wildman–Crippen MR) is 86.6 cm³/mol. The van der Waals surface area contributed by atoms with E-state index >= 15 is 0 Å². The lowest BCUT2D eigenvalue weighted by Crippen LogP contribution is -2.07. The van der Waals surface area contributed by atoms with Crippen LogP contribution in [-0.2, 0) is 11.2 Å². The molecule has 0 aliphatic rings. The van der Waals surface area contributed by atoms with Gasteiger partial charge in [-0.15, -0.1) is 11.3 Å². The number of hydrogen-bond donors (Lipinski definition) is 1. The third kappa shape index (κ3) is 3.03. The molecular formula is C16H15N3OS. The van der Waals surface area contributed by atoms with E-state index in [0.717, 1.165) is 22.8 Å². The SMILES string of the molecule is CCc1ccc(NC(=O)/C=C/c2cnc3sccn23)cc1. The normalized spacial score (nSPS) is 11.3. The Morgan fingerprint density at radius 2 is 2.19 bits per heavy atom. The van der Waals surface area contributed by atoms with Gasteiger partial charge < -0.3 is 5.32 Å². The number of benzene rings is 1. The van der Waals surface area contributed by atoms with E-state index in [9.17, 15) is 4.79 Å². The zero-order valence-electron chi connectivity index (χ0n) is 11.6. The van der Waals surface area contributed by atoms with Gasteiger partial charge in [0, 0.05) is 23.3 Å². The van der Waals surface area contributed by atoms with Crippen LogP contribution in [0.3, 0.4) is 0 Å². The molecule has 0 radical (unpaired) electrons. The summed E-state index contributed by atoms with van der Waals surface area (Å²) in [5.74, 6) is -0.149. The second kappa shape index (κ2) is 5.93. The maximum Gasteiger partial charge on any atom is 0.248 e. The highest BCUT2D eigenvalue weighted by molar-refractivity contribution is 7.15. The summed E-state index contributed by atoms with van der Waals surface area (Å²) >= 11 is 1.57. The number of imidazole rings is 1. The van der Waals surface area contributed by atoms with Crippen molar-refractivity contribution in [3.63, 3.8) is 0 Å². The van der Waals surface area contributed by atoms with Gasteiger partial charge >= 0.3 is 0 Å². The van der Waals surface area contributed by atoms with Gasteiger partial charge in [0.1, 0.15) is 0 Å². The largest absolute Gasteiger partial charge is 0.323 e. The van der Waals surface area contributed by atoms with Crippen molar-refractivity contribution in [2.45, 2.75) is 13.3 Å². The van der Waals surface area contributed by atoms with E-state index in [-0.39, 0.29) is 5.91 Å². The van der Waals surface area contributed by atoms with E-state index in [1.165, 1.54) is 11.6 Å². The van der Waals surface area contributed by atoms with Crippen LogP contribution in [0.1, 0.15) is 18.2 Å². The lowest BCUT2D eigenvalue weighted by Gasteiger charge is -2.03. The van der Waals surface area contributed by atoms with Crippen LogP contribution in [0.4, 0.5) is 5.69 Å². The van der Waals surface area contributed by atoms with Crippen molar-refractivity contribution in [3.05, 3.63) is 59.4 Å². The molecule has 0 bridgehead atoms. The monoisotopic (exact) mass is 297 g/mol. The topological polar surface area (TPSA) is 46.4 Å². The summed E-state index contributed by atoms with van der Waals surface area (Å²) in [7, 11) is 0. The smallest absolute Gasteiger partial charge is 0.248 e. The van der Waals surface area contributed by atoms with E-state index in [1.54, 1.807) is 23.6 Å². The predicted octanol–water partition coefficient (Wildman–Crippen LogP) is 3.61. The highest BCUT2D eigenvalue weighted by atomic mass is 32.1. The number of fused-ring (bicyclic) bond motifs is 1. The van der Waals surface area contributed by atoms with Gasteiger partial charge in [-0.25, -0.2) is 4.98 Å². The Morgan fingerprint density at radius 3 is 2.95 bits per heavy atom. The highest BCUT2D eigenvalue weighted by Crippen LogP contribution is 2.14. The number of nitrogens with one attached hydrogen (secondary N) is 1. The molecule has 2 heterocycles. The number of carbonyl (C=O) groups is 1. The minimum atomic E-state index is -0.149. The lowest BCUT2D eigenvalue weighted by molar-refractivity contribution is -0.111. The number of nitrogens with zero attached hydrogens (tertiary/aromatic N) is 2. The van der Waals surface area contributed by atoms with Crippen molar-refractivity contribution in [2.75, 3.05) is 5.32 Å². The summed E-state index contributed by atoms with van der Waals surface area (Å²) in [5, 5.41) is 4.81. The minimum Gasteiger partial charge on any atom is -0.323 e. The Balaban J connectivity index is 1.68. The minimum absolute atomic E-state index is 0.149. The third-order valence-corrected chi connectivity index (χ3v) is 3.98.